The van der Waals surface area contributed by atoms with Gasteiger partial charge in [0.25, 0.3) is 0 Å². The molecular formula is C58H41NO. The first-order chi connectivity index (χ1) is 29.7. The highest BCUT2D eigenvalue weighted by molar-refractivity contribution is 6.34. The van der Waals surface area contributed by atoms with Crippen LogP contribution in [0.3, 0.4) is 0 Å². The van der Waals surface area contributed by atoms with Gasteiger partial charge in [0.2, 0.25) is 0 Å². The molecule has 0 saturated heterocycles. The zero-order valence-corrected chi connectivity index (χ0v) is 33.6. The number of rotatable bonds is 7. The minimum absolute atomic E-state index is 0.916. The predicted octanol–water partition coefficient (Wildman–Crippen LogP) is 16.9. The molecule has 11 rings (SSSR count). The second-order valence-corrected chi connectivity index (χ2v) is 15.5. The zero-order valence-electron chi connectivity index (χ0n) is 33.6. The third-order valence-corrected chi connectivity index (χ3v) is 12.1. The van der Waals surface area contributed by atoms with Crippen molar-refractivity contribution in [1.82, 2.24) is 0 Å². The number of benzene rings is 10. The maximum absolute atomic E-state index is 6.37. The minimum Gasteiger partial charge on any atom is -0.461 e. The van der Waals surface area contributed by atoms with E-state index >= 15 is 0 Å². The average Bonchev–Trinajstić information content (AvgIpc) is 3.64. The molecule has 11 aromatic rings. The van der Waals surface area contributed by atoms with Crippen LogP contribution < -0.4 is 4.90 Å². The fraction of sp³-hybridized carbons (Fsp3) is 0.0345. The SMILES string of the molecule is C/C=C\c1c(C)oc2ccc3c4cccc(-c5ccccc5N(c5ccc(-c6ccccc6)cc5)c5ccc(-c6cccc7ccccc67)cc5)c4c4ccccc4c3c12. The quantitative estimate of drug-likeness (QED) is 0.150. The van der Waals surface area contributed by atoms with Crippen LogP contribution in [0.15, 0.2) is 211 Å². The van der Waals surface area contributed by atoms with Gasteiger partial charge in [-0.15, -0.1) is 0 Å². The van der Waals surface area contributed by atoms with Gasteiger partial charge in [-0.2, -0.15) is 0 Å². The van der Waals surface area contributed by atoms with E-state index in [1.54, 1.807) is 0 Å². The monoisotopic (exact) mass is 767 g/mol. The van der Waals surface area contributed by atoms with Crippen molar-refractivity contribution in [2.24, 2.45) is 0 Å². The van der Waals surface area contributed by atoms with E-state index in [9.17, 15) is 0 Å². The van der Waals surface area contributed by atoms with Gasteiger partial charge < -0.3 is 9.32 Å². The summed E-state index contributed by atoms with van der Waals surface area (Å²) in [6.45, 7) is 4.14. The number of para-hydroxylation sites is 1. The summed E-state index contributed by atoms with van der Waals surface area (Å²) in [5, 5.41) is 11.0. The summed E-state index contributed by atoms with van der Waals surface area (Å²) < 4.78 is 6.37. The van der Waals surface area contributed by atoms with Crippen LogP contribution in [0.5, 0.6) is 0 Å². The summed E-state index contributed by atoms with van der Waals surface area (Å²) >= 11 is 0. The number of hydrogen-bond donors (Lipinski definition) is 0. The van der Waals surface area contributed by atoms with Gasteiger partial charge in [-0.25, -0.2) is 0 Å². The maximum Gasteiger partial charge on any atom is 0.135 e. The van der Waals surface area contributed by atoms with Gasteiger partial charge in [0.15, 0.2) is 0 Å². The van der Waals surface area contributed by atoms with Crippen LogP contribution in [0, 0.1) is 6.92 Å². The molecule has 10 aromatic carbocycles. The molecule has 0 aliphatic carbocycles. The number of hydrogen-bond acceptors (Lipinski definition) is 2. The third kappa shape index (κ3) is 5.80. The van der Waals surface area contributed by atoms with Crippen molar-refractivity contribution in [1.29, 1.82) is 0 Å². The van der Waals surface area contributed by atoms with Crippen molar-refractivity contribution in [2.45, 2.75) is 13.8 Å². The Morgan fingerprint density at radius 3 is 1.68 bits per heavy atom. The molecule has 1 aromatic heterocycles. The lowest BCUT2D eigenvalue weighted by molar-refractivity contribution is 0.577. The highest BCUT2D eigenvalue weighted by Crippen LogP contribution is 2.48. The largest absolute Gasteiger partial charge is 0.461 e. The smallest absolute Gasteiger partial charge is 0.135 e. The van der Waals surface area contributed by atoms with Crippen molar-refractivity contribution in [3.05, 3.63) is 218 Å². The summed E-state index contributed by atoms with van der Waals surface area (Å²) in [6, 6.07) is 72.8. The predicted molar refractivity (Wildman–Crippen MR) is 257 cm³/mol. The fourth-order valence-corrected chi connectivity index (χ4v) is 9.44. The molecular weight excluding hydrogens is 727 g/mol. The van der Waals surface area contributed by atoms with Crippen LogP contribution in [0.25, 0.3) is 93.5 Å². The van der Waals surface area contributed by atoms with Crippen molar-refractivity contribution >= 4 is 77.2 Å². The Balaban J connectivity index is 1.14. The number of anilines is 3. The van der Waals surface area contributed by atoms with E-state index in [2.05, 4.69) is 231 Å². The second kappa shape index (κ2) is 14.6. The maximum atomic E-state index is 6.37. The number of furan rings is 1. The van der Waals surface area contributed by atoms with Crippen molar-refractivity contribution < 1.29 is 4.42 Å². The Hall–Kier alpha value is -7.68. The average molecular weight is 768 g/mol. The lowest BCUT2D eigenvalue weighted by Gasteiger charge is -2.29. The topological polar surface area (TPSA) is 16.4 Å². The molecule has 0 radical (unpaired) electrons. The lowest BCUT2D eigenvalue weighted by Crippen LogP contribution is -2.11. The molecule has 0 unspecified atom stereocenters. The number of allylic oxidation sites excluding steroid dienone is 1. The molecule has 0 N–H and O–H groups in total. The van der Waals surface area contributed by atoms with Gasteiger partial charge >= 0.3 is 0 Å². The fourth-order valence-electron chi connectivity index (χ4n) is 9.44. The highest BCUT2D eigenvalue weighted by Gasteiger charge is 2.22. The molecule has 0 aliphatic rings. The van der Waals surface area contributed by atoms with E-state index < -0.39 is 0 Å². The number of aryl methyl sites for hydroxylation is 1. The van der Waals surface area contributed by atoms with Crippen LogP contribution in [0.2, 0.25) is 0 Å². The summed E-state index contributed by atoms with van der Waals surface area (Å²) in [4.78, 5) is 2.42. The van der Waals surface area contributed by atoms with Crippen LogP contribution >= 0.6 is 0 Å². The first-order valence-electron chi connectivity index (χ1n) is 20.7. The van der Waals surface area contributed by atoms with E-state index in [0.717, 1.165) is 39.5 Å². The first-order valence-corrected chi connectivity index (χ1v) is 20.7. The zero-order chi connectivity index (χ0) is 40.2. The molecule has 0 fully saturated rings. The van der Waals surface area contributed by atoms with Crippen LogP contribution in [-0.4, -0.2) is 0 Å². The lowest BCUT2D eigenvalue weighted by atomic mass is 9.87. The Bertz CT molecular complexity index is 3390. The minimum atomic E-state index is 0.916. The molecule has 1 heterocycles. The molecule has 2 heteroatoms. The standard InChI is InChI=1S/C58H41NO/c1-3-15-45-38(2)60-55-37-36-53-51-26-14-25-49(56(51)50-22-9-10-23-52(50)57(53)58(45)55)48-21-11-12-27-54(48)59(43-32-28-40(29-33-43)39-16-5-4-6-17-39)44-34-30-42(31-35-44)47-24-13-19-41-18-7-8-20-46(41)47/h3-37H,1-2H3/b15-3-. The number of fused-ring (bicyclic) bond motifs is 9. The van der Waals surface area contributed by atoms with E-state index in [1.165, 1.54) is 76.3 Å². The molecule has 60 heavy (non-hydrogen) atoms. The summed E-state index contributed by atoms with van der Waals surface area (Å²) in [5.74, 6) is 0.935. The van der Waals surface area contributed by atoms with E-state index in [0.29, 0.717) is 0 Å². The normalized spacial score (nSPS) is 11.8. The summed E-state index contributed by atoms with van der Waals surface area (Å²) in [6.07, 6.45) is 4.29. The highest BCUT2D eigenvalue weighted by atomic mass is 16.3. The van der Waals surface area contributed by atoms with E-state index in [1.807, 2.05) is 0 Å². The molecule has 0 bridgehead atoms. The summed E-state index contributed by atoms with van der Waals surface area (Å²) in [5.41, 5.74) is 12.5. The Kier molecular flexibility index (Phi) is 8.64. The van der Waals surface area contributed by atoms with E-state index in [-0.39, 0.29) is 0 Å². The first kappa shape index (κ1) is 35.5. The van der Waals surface area contributed by atoms with Crippen molar-refractivity contribution in [2.75, 3.05) is 4.90 Å². The number of nitrogens with zero attached hydrogens (tertiary/aromatic N) is 1. The molecule has 0 aliphatic heterocycles. The van der Waals surface area contributed by atoms with Crippen molar-refractivity contribution in [3.63, 3.8) is 0 Å². The van der Waals surface area contributed by atoms with Gasteiger partial charge in [-0.1, -0.05) is 170 Å². The molecule has 0 saturated carbocycles. The third-order valence-electron chi connectivity index (χ3n) is 12.1. The van der Waals surface area contributed by atoms with E-state index in [4.69, 9.17) is 4.42 Å². The van der Waals surface area contributed by atoms with Crippen LogP contribution in [-0.2, 0) is 0 Å². The Morgan fingerprint density at radius 1 is 0.400 bits per heavy atom. The van der Waals surface area contributed by atoms with Gasteiger partial charge in [0, 0.05) is 33.3 Å². The van der Waals surface area contributed by atoms with Gasteiger partial charge in [0.05, 0.1) is 5.69 Å². The summed E-state index contributed by atoms with van der Waals surface area (Å²) in [7, 11) is 0. The molecule has 2 nitrogen and oxygen atoms in total. The van der Waals surface area contributed by atoms with Gasteiger partial charge in [-0.05, 0) is 122 Å². The van der Waals surface area contributed by atoms with Gasteiger partial charge in [-0.3, -0.25) is 0 Å². The second-order valence-electron chi connectivity index (χ2n) is 15.5. The Morgan fingerprint density at radius 2 is 0.933 bits per heavy atom. The molecule has 0 atom stereocenters. The molecule has 0 spiro atoms. The van der Waals surface area contributed by atoms with Crippen LogP contribution in [0.1, 0.15) is 18.2 Å². The van der Waals surface area contributed by atoms with Crippen molar-refractivity contribution in [3.8, 4) is 33.4 Å². The van der Waals surface area contributed by atoms with Crippen LogP contribution in [0.4, 0.5) is 17.1 Å². The molecule has 284 valence electrons. The Labute approximate surface area is 349 Å². The van der Waals surface area contributed by atoms with Gasteiger partial charge in [0.1, 0.15) is 11.3 Å². The molecule has 0 amide bonds.